The van der Waals surface area contributed by atoms with Gasteiger partial charge in [0.2, 0.25) is 5.79 Å². The lowest BCUT2D eigenvalue weighted by Gasteiger charge is -2.43. The van der Waals surface area contributed by atoms with Gasteiger partial charge in [-0.25, -0.2) is 4.89 Å². The average Bonchev–Trinajstić information content (AvgIpc) is 3.25. The molecular formula is C33H36O6. The van der Waals surface area contributed by atoms with Crippen LogP contribution in [-0.2, 0) is 14.5 Å². The van der Waals surface area contributed by atoms with Gasteiger partial charge in [0, 0.05) is 12.3 Å². The summed E-state index contributed by atoms with van der Waals surface area (Å²) in [6.45, 7) is 7.28. The topological polar surface area (TPSA) is 66.4 Å². The first-order valence-electron chi connectivity index (χ1n) is 13.9. The van der Waals surface area contributed by atoms with Crippen molar-refractivity contribution in [3.05, 3.63) is 84.5 Å². The molecule has 4 atom stereocenters. The molecule has 6 rings (SSSR count). The van der Waals surface area contributed by atoms with E-state index in [1.807, 2.05) is 60.7 Å². The minimum absolute atomic E-state index is 0.0184. The fourth-order valence-corrected chi connectivity index (χ4v) is 6.06. The molecule has 1 spiro atoms. The zero-order valence-corrected chi connectivity index (χ0v) is 22.4. The lowest BCUT2D eigenvalue weighted by Crippen LogP contribution is -2.50. The summed E-state index contributed by atoms with van der Waals surface area (Å²) in [5.74, 6) is 2.46. The van der Waals surface area contributed by atoms with Crippen LogP contribution < -0.4 is 9.47 Å². The first-order valence-corrected chi connectivity index (χ1v) is 13.9. The molecule has 0 aromatic heterocycles. The van der Waals surface area contributed by atoms with Gasteiger partial charge in [-0.15, -0.1) is 0 Å². The van der Waals surface area contributed by atoms with Crippen LogP contribution in [0.3, 0.4) is 0 Å². The van der Waals surface area contributed by atoms with Crippen LogP contribution in [0.5, 0.6) is 17.2 Å². The van der Waals surface area contributed by atoms with E-state index in [-0.39, 0.29) is 19.3 Å². The van der Waals surface area contributed by atoms with Gasteiger partial charge < -0.3 is 19.3 Å². The maximum Gasteiger partial charge on any atom is 0.208 e. The molecule has 2 aliphatic carbocycles. The van der Waals surface area contributed by atoms with E-state index in [4.69, 9.17) is 29.1 Å². The Kier molecular flexibility index (Phi) is 7.45. The normalized spacial score (nSPS) is 26.6. The Morgan fingerprint density at radius 1 is 1.03 bits per heavy atom. The summed E-state index contributed by atoms with van der Waals surface area (Å²) in [5, 5.41) is 11.1. The van der Waals surface area contributed by atoms with E-state index in [9.17, 15) is 0 Å². The molecule has 6 nitrogen and oxygen atoms in total. The number of benzene rings is 3. The minimum Gasteiger partial charge on any atom is -0.491 e. The summed E-state index contributed by atoms with van der Waals surface area (Å²) in [6, 6.07) is 19.6. The second-order valence-corrected chi connectivity index (χ2v) is 11.0. The third-order valence-electron chi connectivity index (χ3n) is 8.19. The molecule has 6 heteroatoms. The highest BCUT2D eigenvalue weighted by Gasteiger charge is 2.48. The monoisotopic (exact) mass is 528 g/mol. The highest BCUT2D eigenvalue weighted by molar-refractivity contribution is 5.85. The predicted octanol–water partition coefficient (Wildman–Crippen LogP) is 7.22. The van der Waals surface area contributed by atoms with Gasteiger partial charge in [-0.2, -0.15) is 4.89 Å². The van der Waals surface area contributed by atoms with Crippen LogP contribution in [0.4, 0.5) is 0 Å². The number of aliphatic hydroxyl groups excluding tert-OH is 1. The van der Waals surface area contributed by atoms with Crippen LogP contribution in [-0.4, -0.2) is 36.8 Å². The van der Waals surface area contributed by atoms with Crippen LogP contribution in [0, 0.1) is 11.8 Å². The number of hydrogen-bond donors (Lipinski definition) is 1. The van der Waals surface area contributed by atoms with Crippen molar-refractivity contribution in [2.75, 3.05) is 19.8 Å². The van der Waals surface area contributed by atoms with E-state index < -0.39 is 5.79 Å². The van der Waals surface area contributed by atoms with E-state index in [0.29, 0.717) is 24.2 Å². The van der Waals surface area contributed by atoms with E-state index in [2.05, 4.69) is 19.6 Å². The van der Waals surface area contributed by atoms with Gasteiger partial charge >= 0.3 is 0 Å². The molecular weight excluding hydrogens is 492 g/mol. The van der Waals surface area contributed by atoms with E-state index in [1.54, 1.807) is 0 Å². The van der Waals surface area contributed by atoms with Gasteiger partial charge in [-0.1, -0.05) is 49.4 Å². The third kappa shape index (κ3) is 5.61. The van der Waals surface area contributed by atoms with Crippen molar-refractivity contribution in [2.45, 2.75) is 50.9 Å². The summed E-state index contributed by atoms with van der Waals surface area (Å²) in [4.78, 5) is 12.0. The summed E-state index contributed by atoms with van der Waals surface area (Å²) in [5.41, 5.74) is 3.30. The average molecular weight is 529 g/mol. The highest BCUT2D eigenvalue weighted by atomic mass is 17.2. The predicted molar refractivity (Wildman–Crippen MR) is 151 cm³/mol. The number of aliphatic hydroxyl groups is 1. The quantitative estimate of drug-likeness (QED) is 0.258. The van der Waals surface area contributed by atoms with Gasteiger partial charge in [0.25, 0.3) is 0 Å². The van der Waals surface area contributed by atoms with Gasteiger partial charge in [0.05, 0.1) is 13.2 Å². The Hall–Kier alpha value is -3.16. The molecule has 1 aliphatic heterocycles. The van der Waals surface area contributed by atoms with Crippen molar-refractivity contribution in [2.24, 2.45) is 11.8 Å². The Morgan fingerprint density at radius 3 is 2.56 bits per heavy atom. The fraction of sp³-hybridized carbons (Fsp3) is 0.394. The molecule has 2 fully saturated rings. The number of hydrogen-bond acceptors (Lipinski definition) is 6. The number of fused-ring (bicyclic) bond motifs is 5. The summed E-state index contributed by atoms with van der Waals surface area (Å²) < 4.78 is 18.1. The Bertz CT molecular complexity index is 1350. The first-order chi connectivity index (χ1) is 19.0. The highest BCUT2D eigenvalue weighted by Crippen LogP contribution is 2.46. The van der Waals surface area contributed by atoms with Gasteiger partial charge in [0.1, 0.15) is 30.0 Å². The Balaban J connectivity index is 1.09. The molecule has 1 heterocycles. The minimum atomic E-state index is -0.684. The van der Waals surface area contributed by atoms with Crippen molar-refractivity contribution < 1.29 is 29.1 Å². The van der Waals surface area contributed by atoms with Crippen LogP contribution in [0.25, 0.3) is 16.3 Å². The summed E-state index contributed by atoms with van der Waals surface area (Å²) >= 11 is 0. The largest absolute Gasteiger partial charge is 0.491 e. The molecule has 0 radical (unpaired) electrons. The smallest absolute Gasteiger partial charge is 0.208 e. The van der Waals surface area contributed by atoms with Crippen LogP contribution in [0.15, 0.2) is 78.9 Å². The molecule has 1 saturated carbocycles. The second kappa shape index (κ2) is 11.1. The molecule has 39 heavy (non-hydrogen) atoms. The lowest BCUT2D eigenvalue weighted by atomic mass is 9.84. The van der Waals surface area contributed by atoms with Crippen molar-refractivity contribution in [1.82, 2.24) is 0 Å². The molecule has 0 amide bonds. The van der Waals surface area contributed by atoms with E-state index >= 15 is 0 Å². The zero-order valence-electron chi connectivity index (χ0n) is 22.4. The van der Waals surface area contributed by atoms with Crippen molar-refractivity contribution in [3.8, 4) is 17.2 Å². The first kappa shape index (κ1) is 26.1. The third-order valence-corrected chi connectivity index (χ3v) is 8.19. The van der Waals surface area contributed by atoms with Gasteiger partial charge in [0.15, 0.2) is 0 Å². The lowest BCUT2D eigenvalue weighted by molar-refractivity contribution is -0.490. The van der Waals surface area contributed by atoms with E-state index in [1.165, 1.54) is 12.0 Å². The van der Waals surface area contributed by atoms with Crippen LogP contribution in [0.1, 0.15) is 44.6 Å². The van der Waals surface area contributed by atoms with E-state index in [0.717, 1.165) is 59.1 Å². The van der Waals surface area contributed by atoms with Gasteiger partial charge in [-0.3, -0.25) is 0 Å². The molecule has 3 aliphatic rings. The Morgan fingerprint density at radius 2 is 1.79 bits per heavy atom. The van der Waals surface area contributed by atoms with Crippen molar-refractivity contribution in [1.29, 1.82) is 0 Å². The summed E-state index contributed by atoms with van der Waals surface area (Å²) in [6.07, 6.45) is 7.20. The van der Waals surface area contributed by atoms with Crippen molar-refractivity contribution in [3.63, 3.8) is 0 Å². The molecule has 3 aromatic rings. The fourth-order valence-electron chi connectivity index (χ4n) is 6.06. The van der Waals surface area contributed by atoms with Crippen LogP contribution >= 0.6 is 0 Å². The van der Waals surface area contributed by atoms with Crippen LogP contribution in [0.2, 0.25) is 0 Å². The molecule has 4 unspecified atom stereocenters. The number of ether oxygens (including phenoxy) is 3. The second-order valence-electron chi connectivity index (χ2n) is 11.0. The molecule has 204 valence electrons. The number of rotatable bonds is 7. The molecule has 1 saturated heterocycles. The standard InChI is InChI=1S/C33H36O6/c1-22-17-24-3-8-28(18-22)33(14-13-24)36-21-32(38-39-33)23(2)25-4-9-29(10-5-25)37-31-12-7-26-6-11-30(35-16-15-34)19-27(26)20-31/h4-7,9-13,19-20,22,28,32,34H,2-3,8,14-18,21H2,1H3. The summed E-state index contributed by atoms with van der Waals surface area (Å²) in [7, 11) is 0. The van der Waals surface area contributed by atoms with Crippen molar-refractivity contribution >= 4 is 16.3 Å². The maximum atomic E-state index is 9.00. The Labute approximate surface area is 229 Å². The molecule has 3 aromatic carbocycles. The van der Waals surface area contributed by atoms with Gasteiger partial charge in [-0.05, 0) is 89.9 Å². The zero-order chi connectivity index (χ0) is 26.8. The molecule has 2 bridgehead atoms. The maximum absolute atomic E-state index is 9.00. The SMILES string of the molecule is C=C(c1ccc(Oc2ccc3ccc(OCCO)cc3c2)cc1)C1COC2(CC=C3CCC2CC(C)C3)OO1. The number of allylic oxidation sites excluding steroid dienone is 1. The molecule has 1 N–H and O–H groups in total.